The highest BCUT2D eigenvalue weighted by molar-refractivity contribution is 6.33. The summed E-state index contributed by atoms with van der Waals surface area (Å²) in [6.45, 7) is 0. The Labute approximate surface area is 59.6 Å². The van der Waals surface area contributed by atoms with E-state index in [4.69, 9.17) is 11.6 Å². The van der Waals surface area contributed by atoms with Crippen LogP contribution in [0.2, 0.25) is 5.02 Å². The van der Waals surface area contributed by atoms with E-state index in [0.717, 1.165) is 5.69 Å². The van der Waals surface area contributed by atoms with E-state index >= 15 is 0 Å². The van der Waals surface area contributed by atoms with Crippen LogP contribution in [0.3, 0.4) is 0 Å². The number of halogens is 1. The summed E-state index contributed by atoms with van der Waals surface area (Å²) < 4.78 is 0. The number of nitrogens with one attached hydrogen (secondary N) is 1. The molecule has 1 aromatic rings. The van der Waals surface area contributed by atoms with Crippen LogP contribution in [0.4, 0.5) is 5.69 Å². The average molecular weight is 141 g/mol. The van der Waals surface area contributed by atoms with E-state index in [1.54, 1.807) is 6.07 Å². The van der Waals surface area contributed by atoms with Crippen molar-refractivity contribution in [1.29, 1.82) is 0 Å². The van der Waals surface area contributed by atoms with Gasteiger partial charge in [-0.3, -0.25) is 0 Å². The fourth-order valence-corrected chi connectivity index (χ4v) is 0.833. The molecule has 0 aliphatic heterocycles. The van der Waals surface area contributed by atoms with E-state index < -0.39 is 0 Å². The molecular formula is C7H7ClN. The maximum absolute atomic E-state index is 5.73. The van der Waals surface area contributed by atoms with E-state index in [1.807, 2.05) is 19.2 Å². The van der Waals surface area contributed by atoms with Crippen LogP contribution in [-0.4, -0.2) is 7.05 Å². The SMILES string of the molecule is CNc1cc[c]cc1Cl. The smallest absolute Gasteiger partial charge is 0.0643 e. The Hall–Kier alpha value is -0.690. The van der Waals surface area contributed by atoms with Crippen LogP contribution in [0.25, 0.3) is 0 Å². The Morgan fingerprint density at radius 3 is 2.89 bits per heavy atom. The van der Waals surface area contributed by atoms with Crippen LogP contribution in [0.1, 0.15) is 0 Å². The van der Waals surface area contributed by atoms with Gasteiger partial charge in [0.15, 0.2) is 0 Å². The quantitative estimate of drug-likeness (QED) is 0.631. The molecule has 0 aromatic heterocycles. The molecule has 0 saturated heterocycles. The number of benzene rings is 1. The molecule has 1 aromatic carbocycles. The van der Waals surface area contributed by atoms with Gasteiger partial charge in [0.2, 0.25) is 0 Å². The summed E-state index contributed by atoms with van der Waals surface area (Å²) in [5, 5.41) is 3.65. The van der Waals surface area contributed by atoms with Crippen molar-refractivity contribution in [2.45, 2.75) is 0 Å². The van der Waals surface area contributed by atoms with Gasteiger partial charge in [-0.2, -0.15) is 0 Å². The highest BCUT2D eigenvalue weighted by Gasteiger charge is 1.91. The van der Waals surface area contributed by atoms with Gasteiger partial charge < -0.3 is 5.32 Å². The summed E-state index contributed by atoms with van der Waals surface area (Å²) in [4.78, 5) is 0. The lowest BCUT2D eigenvalue weighted by atomic mass is 10.3. The van der Waals surface area contributed by atoms with Gasteiger partial charge in [0.1, 0.15) is 0 Å². The second kappa shape index (κ2) is 2.74. The summed E-state index contributed by atoms with van der Waals surface area (Å²) in [6.07, 6.45) is 0. The minimum absolute atomic E-state index is 0.708. The van der Waals surface area contributed by atoms with E-state index in [0.29, 0.717) is 5.02 Å². The van der Waals surface area contributed by atoms with Crippen molar-refractivity contribution in [1.82, 2.24) is 0 Å². The fourth-order valence-electron chi connectivity index (χ4n) is 0.613. The van der Waals surface area contributed by atoms with Gasteiger partial charge in [-0.25, -0.2) is 0 Å². The molecule has 0 heterocycles. The average Bonchev–Trinajstić information content (AvgIpc) is 1.89. The zero-order chi connectivity index (χ0) is 6.69. The highest BCUT2D eigenvalue weighted by atomic mass is 35.5. The summed E-state index contributed by atoms with van der Waals surface area (Å²) in [7, 11) is 1.83. The zero-order valence-electron chi connectivity index (χ0n) is 5.11. The first-order chi connectivity index (χ1) is 4.34. The minimum atomic E-state index is 0.708. The topological polar surface area (TPSA) is 12.0 Å². The van der Waals surface area contributed by atoms with Gasteiger partial charge in [-0.05, 0) is 18.2 Å². The predicted octanol–water partition coefficient (Wildman–Crippen LogP) is 2.18. The first-order valence-corrected chi connectivity index (χ1v) is 3.05. The summed E-state index contributed by atoms with van der Waals surface area (Å²) in [5.41, 5.74) is 0.940. The Bertz CT molecular complexity index is 198. The molecule has 47 valence electrons. The summed E-state index contributed by atoms with van der Waals surface area (Å²) in [5.74, 6) is 0. The normalized spacial score (nSPS) is 9.11. The molecule has 1 rings (SSSR count). The highest BCUT2D eigenvalue weighted by Crippen LogP contribution is 2.18. The van der Waals surface area contributed by atoms with Crippen molar-refractivity contribution >= 4 is 17.3 Å². The minimum Gasteiger partial charge on any atom is -0.387 e. The fraction of sp³-hybridized carbons (Fsp3) is 0.143. The maximum atomic E-state index is 5.73. The molecule has 0 fully saturated rings. The van der Waals surface area contributed by atoms with Crippen LogP contribution in [0, 0.1) is 6.07 Å². The molecule has 0 aliphatic rings. The summed E-state index contributed by atoms with van der Waals surface area (Å²) >= 11 is 5.73. The van der Waals surface area contributed by atoms with Gasteiger partial charge in [0, 0.05) is 7.05 Å². The molecule has 0 atom stereocenters. The van der Waals surface area contributed by atoms with Gasteiger partial charge in [0.25, 0.3) is 0 Å². The standard InChI is InChI=1S/C7H7ClN/c1-9-7-5-3-2-4-6(7)8/h3-5,9H,1H3. The monoisotopic (exact) mass is 140 g/mol. The van der Waals surface area contributed by atoms with Crippen LogP contribution in [0.15, 0.2) is 18.2 Å². The van der Waals surface area contributed by atoms with Gasteiger partial charge in [-0.1, -0.05) is 17.7 Å². The number of anilines is 1. The van der Waals surface area contributed by atoms with Crippen molar-refractivity contribution in [3.8, 4) is 0 Å². The van der Waals surface area contributed by atoms with Gasteiger partial charge >= 0.3 is 0 Å². The van der Waals surface area contributed by atoms with E-state index in [-0.39, 0.29) is 0 Å². The molecule has 1 N–H and O–H groups in total. The Balaban J connectivity index is 3.01. The second-order valence-electron chi connectivity index (χ2n) is 1.66. The molecule has 9 heavy (non-hydrogen) atoms. The van der Waals surface area contributed by atoms with Crippen LogP contribution >= 0.6 is 11.6 Å². The first-order valence-electron chi connectivity index (χ1n) is 2.68. The molecule has 1 radical (unpaired) electrons. The van der Waals surface area contributed by atoms with Crippen LogP contribution in [0.5, 0.6) is 0 Å². The molecule has 2 heteroatoms. The molecule has 0 spiro atoms. The zero-order valence-corrected chi connectivity index (χ0v) is 5.87. The second-order valence-corrected chi connectivity index (χ2v) is 2.06. The third kappa shape index (κ3) is 1.36. The van der Waals surface area contributed by atoms with Crippen LogP contribution in [-0.2, 0) is 0 Å². The van der Waals surface area contributed by atoms with E-state index in [1.165, 1.54) is 0 Å². The Morgan fingerprint density at radius 2 is 2.44 bits per heavy atom. The van der Waals surface area contributed by atoms with Crippen molar-refractivity contribution in [3.63, 3.8) is 0 Å². The number of hydrogen-bond acceptors (Lipinski definition) is 1. The largest absolute Gasteiger partial charge is 0.387 e. The number of rotatable bonds is 1. The van der Waals surface area contributed by atoms with E-state index in [2.05, 4.69) is 11.4 Å². The first kappa shape index (κ1) is 6.43. The molecule has 0 saturated carbocycles. The molecule has 0 bridgehead atoms. The van der Waals surface area contributed by atoms with Gasteiger partial charge in [0.05, 0.1) is 10.7 Å². The molecule has 0 amide bonds. The van der Waals surface area contributed by atoms with Crippen LogP contribution < -0.4 is 5.32 Å². The number of hydrogen-bond donors (Lipinski definition) is 1. The Kier molecular flexibility index (Phi) is 1.96. The lowest BCUT2D eigenvalue weighted by Gasteiger charge is -1.99. The van der Waals surface area contributed by atoms with Gasteiger partial charge in [-0.15, -0.1) is 0 Å². The molecular weight excluding hydrogens is 134 g/mol. The molecule has 1 nitrogen and oxygen atoms in total. The van der Waals surface area contributed by atoms with Crippen molar-refractivity contribution in [2.75, 3.05) is 12.4 Å². The maximum Gasteiger partial charge on any atom is 0.0643 e. The van der Waals surface area contributed by atoms with Crippen molar-refractivity contribution < 1.29 is 0 Å². The van der Waals surface area contributed by atoms with E-state index in [9.17, 15) is 0 Å². The third-order valence-electron chi connectivity index (χ3n) is 1.08. The lowest BCUT2D eigenvalue weighted by molar-refractivity contribution is 1.51. The third-order valence-corrected chi connectivity index (χ3v) is 1.40. The van der Waals surface area contributed by atoms with Crippen molar-refractivity contribution in [2.24, 2.45) is 0 Å². The van der Waals surface area contributed by atoms with Crippen molar-refractivity contribution in [3.05, 3.63) is 29.3 Å². The summed E-state index contributed by atoms with van der Waals surface area (Å²) in [6, 6.07) is 8.29. The molecule has 0 unspecified atom stereocenters. The lowest BCUT2D eigenvalue weighted by Crippen LogP contribution is -1.86. The Morgan fingerprint density at radius 1 is 1.67 bits per heavy atom. The predicted molar refractivity (Wildman–Crippen MR) is 39.8 cm³/mol. The molecule has 0 aliphatic carbocycles.